The fourth-order valence-electron chi connectivity index (χ4n) is 2.51. The first-order chi connectivity index (χ1) is 13.4. The Labute approximate surface area is 174 Å². The quantitative estimate of drug-likeness (QED) is 0.714. The predicted molar refractivity (Wildman–Crippen MR) is 114 cm³/mol. The second kappa shape index (κ2) is 10.5. The topological polar surface area (TPSA) is 87.9 Å². The molecule has 0 spiro atoms. The highest BCUT2D eigenvalue weighted by Gasteiger charge is 2.27. The Morgan fingerprint density at radius 2 is 1.62 bits per heavy atom. The maximum absolute atomic E-state index is 12.5. The SMILES string of the molecule is CC(C)(C)OC(=O)N1CCCN(C(=O)Nc2cc(C(C)(C)C)on2)CC1.CCC. The molecule has 166 valence electrons. The molecule has 1 aliphatic heterocycles. The van der Waals surface area contributed by atoms with Crippen LogP contribution in [0, 0.1) is 0 Å². The van der Waals surface area contributed by atoms with Crippen molar-refractivity contribution in [1.82, 2.24) is 15.0 Å². The zero-order valence-corrected chi connectivity index (χ0v) is 19.3. The first-order valence-electron chi connectivity index (χ1n) is 10.4. The van der Waals surface area contributed by atoms with Gasteiger partial charge in [-0.05, 0) is 27.2 Å². The molecular weight excluding hydrogens is 372 g/mol. The summed E-state index contributed by atoms with van der Waals surface area (Å²) in [5.74, 6) is 1.10. The van der Waals surface area contributed by atoms with E-state index in [4.69, 9.17) is 9.26 Å². The van der Waals surface area contributed by atoms with Crippen LogP contribution in [0.5, 0.6) is 0 Å². The van der Waals surface area contributed by atoms with E-state index in [2.05, 4.69) is 24.3 Å². The Hall–Kier alpha value is -2.25. The summed E-state index contributed by atoms with van der Waals surface area (Å²) in [6.45, 7) is 17.8. The highest BCUT2D eigenvalue weighted by molar-refractivity contribution is 5.88. The van der Waals surface area contributed by atoms with Crippen LogP contribution in [0.3, 0.4) is 0 Å². The van der Waals surface area contributed by atoms with Gasteiger partial charge in [-0.25, -0.2) is 9.59 Å². The zero-order chi connectivity index (χ0) is 22.2. The number of rotatable bonds is 1. The molecule has 29 heavy (non-hydrogen) atoms. The van der Waals surface area contributed by atoms with Gasteiger partial charge in [0.15, 0.2) is 5.82 Å². The van der Waals surface area contributed by atoms with Gasteiger partial charge in [0.05, 0.1) is 0 Å². The first kappa shape index (κ1) is 24.8. The third-order valence-corrected chi connectivity index (χ3v) is 3.92. The molecule has 1 aliphatic rings. The number of carbonyl (C=O) groups excluding carboxylic acids is 2. The molecule has 1 fully saturated rings. The van der Waals surface area contributed by atoms with Crippen LogP contribution in [0.2, 0.25) is 0 Å². The Morgan fingerprint density at radius 1 is 1.07 bits per heavy atom. The molecule has 2 rings (SSSR count). The van der Waals surface area contributed by atoms with Crippen molar-refractivity contribution < 1.29 is 18.8 Å². The number of amides is 3. The van der Waals surface area contributed by atoms with E-state index in [-0.39, 0.29) is 17.5 Å². The molecule has 3 amide bonds. The predicted octanol–water partition coefficient (Wildman–Crippen LogP) is 4.86. The summed E-state index contributed by atoms with van der Waals surface area (Å²) >= 11 is 0. The maximum atomic E-state index is 12.5. The fourth-order valence-corrected chi connectivity index (χ4v) is 2.51. The highest BCUT2D eigenvalue weighted by Crippen LogP contribution is 2.24. The number of aromatic nitrogens is 1. The van der Waals surface area contributed by atoms with Gasteiger partial charge >= 0.3 is 12.1 Å². The number of nitrogens with zero attached hydrogens (tertiary/aromatic N) is 3. The van der Waals surface area contributed by atoms with Crippen molar-refractivity contribution in [3.63, 3.8) is 0 Å². The van der Waals surface area contributed by atoms with Gasteiger partial charge in [-0.15, -0.1) is 0 Å². The Balaban J connectivity index is 0.00000132. The third-order valence-electron chi connectivity index (χ3n) is 3.92. The lowest BCUT2D eigenvalue weighted by Crippen LogP contribution is -2.41. The van der Waals surface area contributed by atoms with Crippen LogP contribution in [0.1, 0.15) is 74.0 Å². The van der Waals surface area contributed by atoms with Crippen LogP contribution in [0.4, 0.5) is 15.4 Å². The van der Waals surface area contributed by atoms with Crippen molar-refractivity contribution in [2.45, 2.75) is 79.2 Å². The van der Waals surface area contributed by atoms with E-state index in [0.29, 0.717) is 44.2 Å². The molecule has 0 bridgehead atoms. The van der Waals surface area contributed by atoms with E-state index in [1.54, 1.807) is 15.9 Å². The van der Waals surface area contributed by atoms with E-state index in [1.807, 2.05) is 41.5 Å². The van der Waals surface area contributed by atoms with Crippen LogP contribution < -0.4 is 5.32 Å². The smallest absolute Gasteiger partial charge is 0.410 e. The van der Waals surface area contributed by atoms with Gasteiger partial charge < -0.3 is 19.1 Å². The van der Waals surface area contributed by atoms with Gasteiger partial charge in [0, 0.05) is 37.7 Å². The van der Waals surface area contributed by atoms with Crippen LogP contribution in [0.15, 0.2) is 10.6 Å². The lowest BCUT2D eigenvalue weighted by molar-refractivity contribution is 0.0259. The Kier molecular flexibility index (Phi) is 8.98. The molecule has 0 atom stereocenters. The van der Waals surface area contributed by atoms with Crippen molar-refractivity contribution in [1.29, 1.82) is 0 Å². The van der Waals surface area contributed by atoms with Gasteiger partial charge in [0.1, 0.15) is 11.4 Å². The molecule has 1 aromatic heterocycles. The molecular formula is C21H38N4O4. The first-order valence-corrected chi connectivity index (χ1v) is 10.4. The van der Waals surface area contributed by atoms with Crippen molar-refractivity contribution in [2.75, 3.05) is 31.5 Å². The Morgan fingerprint density at radius 3 is 2.14 bits per heavy atom. The second-order valence-electron chi connectivity index (χ2n) is 9.27. The molecule has 8 heteroatoms. The van der Waals surface area contributed by atoms with Gasteiger partial charge in [0.2, 0.25) is 0 Å². The molecule has 2 heterocycles. The molecule has 0 aliphatic carbocycles. The van der Waals surface area contributed by atoms with Crippen LogP contribution in [-0.2, 0) is 10.2 Å². The summed E-state index contributed by atoms with van der Waals surface area (Å²) in [4.78, 5) is 28.0. The monoisotopic (exact) mass is 410 g/mol. The van der Waals surface area contributed by atoms with Gasteiger partial charge in [0.25, 0.3) is 0 Å². The summed E-state index contributed by atoms with van der Waals surface area (Å²) in [5, 5.41) is 6.67. The standard InChI is InChI=1S/C18H30N4O4.C3H8/c1-17(2,3)13-12-14(20-26-13)19-15(23)21-8-7-9-22(11-10-21)16(24)25-18(4,5)6;1-3-2/h12H,7-11H2,1-6H3,(H,19,20,23);3H2,1-2H3. The average Bonchev–Trinajstić information content (AvgIpc) is 2.89. The Bertz CT molecular complexity index is 658. The minimum Gasteiger partial charge on any atom is -0.444 e. The molecule has 0 unspecified atom stereocenters. The molecule has 1 aromatic rings. The average molecular weight is 411 g/mol. The summed E-state index contributed by atoms with van der Waals surface area (Å²) in [6.07, 6.45) is 1.60. The van der Waals surface area contributed by atoms with Gasteiger partial charge in [-0.1, -0.05) is 46.2 Å². The minimum atomic E-state index is -0.530. The number of ether oxygens (including phenoxy) is 1. The summed E-state index contributed by atoms with van der Waals surface area (Å²) < 4.78 is 10.7. The van der Waals surface area contributed by atoms with E-state index < -0.39 is 5.60 Å². The van der Waals surface area contributed by atoms with E-state index in [1.165, 1.54) is 6.42 Å². The van der Waals surface area contributed by atoms with Crippen LogP contribution in [0.25, 0.3) is 0 Å². The molecule has 0 saturated carbocycles. The number of hydrogen-bond donors (Lipinski definition) is 1. The molecule has 0 radical (unpaired) electrons. The molecule has 8 nitrogen and oxygen atoms in total. The van der Waals surface area contributed by atoms with E-state index in [0.717, 1.165) is 0 Å². The van der Waals surface area contributed by atoms with Gasteiger partial charge in [-0.3, -0.25) is 5.32 Å². The minimum absolute atomic E-state index is 0.174. The van der Waals surface area contributed by atoms with Crippen molar-refractivity contribution in [3.8, 4) is 0 Å². The lowest BCUT2D eigenvalue weighted by atomic mass is 9.93. The van der Waals surface area contributed by atoms with Gasteiger partial charge in [-0.2, -0.15) is 0 Å². The fraction of sp³-hybridized carbons (Fsp3) is 0.762. The second-order valence-corrected chi connectivity index (χ2v) is 9.27. The third kappa shape index (κ3) is 8.75. The largest absolute Gasteiger partial charge is 0.444 e. The summed E-state index contributed by atoms with van der Waals surface area (Å²) in [5.41, 5.74) is -0.704. The number of nitrogens with one attached hydrogen (secondary N) is 1. The number of urea groups is 1. The number of anilines is 1. The van der Waals surface area contributed by atoms with Crippen molar-refractivity contribution >= 4 is 17.9 Å². The number of carbonyl (C=O) groups is 2. The molecule has 1 N–H and O–H groups in total. The zero-order valence-electron chi connectivity index (χ0n) is 19.3. The van der Waals surface area contributed by atoms with E-state index >= 15 is 0 Å². The normalized spacial score (nSPS) is 15.2. The summed E-state index contributed by atoms with van der Waals surface area (Å²) in [7, 11) is 0. The molecule has 1 saturated heterocycles. The highest BCUT2D eigenvalue weighted by atomic mass is 16.6. The van der Waals surface area contributed by atoms with E-state index in [9.17, 15) is 9.59 Å². The summed E-state index contributed by atoms with van der Waals surface area (Å²) in [6, 6.07) is 1.49. The van der Waals surface area contributed by atoms with Crippen LogP contribution in [-0.4, -0.2) is 58.9 Å². The van der Waals surface area contributed by atoms with Crippen LogP contribution >= 0.6 is 0 Å². The lowest BCUT2D eigenvalue weighted by Gasteiger charge is -2.26. The maximum Gasteiger partial charge on any atom is 0.410 e. The van der Waals surface area contributed by atoms with Crippen molar-refractivity contribution in [3.05, 3.63) is 11.8 Å². The molecule has 0 aromatic carbocycles. The van der Waals surface area contributed by atoms with Crippen molar-refractivity contribution in [2.24, 2.45) is 0 Å². The number of hydrogen-bond acceptors (Lipinski definition) is 5.